The number of pyridine rings is 1. The fourth-order valence-corrected chi connectivity index (χ4v) is 1.77. The molecular weight excluding hydrogens is 278 g/mol. The lowest BCUT2D eigenvalue weighted by Gasteiger charge is -2.04. The van der Waals surface area contributed by atoms with Crippen molar-refractivity contribution in [3.63, 3.8) is 0 Å². The third kappa shape index (κ3) is 3.93. The zero-order valence-electron chi connectivity index (χ0n) is 12.1. The number of carbonyl (C=O) groups excluding carboxylic acids is 1. The summed E-state index contributed by atoms with van der Waals surface area (Å²) < 4.78 is 4.77. The van der Waals surface area contributed by atoms with Crippen LogP contribution in [0.2, 0.25) is 0 Å². The van der Waals surface area contributed by atoms with E-state index in [4.69, 9.17) is 10.00 Å². The molecule has 0 spiro atoms. The van der Waals surface area contributed by atoms with E-state index in [1.807, 2.05) is 36.4 Å². The van der Waals surface area contributed by atoms with Crippen LogP contribution in [-0.2, 0) is 9.53 Å². The molecule has 2 aromatic rings. The van der Waals surface area contributed by atoms with Crippen molar-refractivity contribution in [1.29, 1.82) is 5.26 Å². The Bertz CT molecular complexity index is 701. The van der Waals surface area contributed by atoms with Gasteiger partial charge in [0.2, 0.25) is 0 Å². The molecule has 0 aliphatic heterocycles. The van der Waals surface area contributed by atoms with Gasteiger partial charge >= 0.3 is 5.97 Å². The van der Waals surface area contributed by atoms with Crippen LogP contribution in [0, 0.1) is 11.3 Å². The third-order valence-electron chi connectivity index (χ3n) is 2.85. The van der Waals surface area contributed by atoms with Crippen molar-refractivity contribution in [2.45, 2.75) is 6.92 Å². The molecule has 0 unspecified atom stereocenters. The minimum atomic E-state index is -0.654. The zero-order chi connectivity index (χ0) is 15.8. The van der Waals surface area contributed by atoms with Gasteiger partial charge in [0.05, 0.1) is 6.61 Å². The molecular formula is C17H15N3O2. The molecule has 0 radical (unpaired) electrons. The molecule has 0 aliphatic carbocycles. The first-order valence-electron chi connectivity index (χ1n) is 6.80. The van der Waals surface area contributed by atoms with E-state index in [-0.39, 0.29) is 12.2 Å². The van der Waals surface area contributed by atoms with E-state index in [9.17, 15) is 4.79 Å². The molecule has 0 saturated carbocycles. The maximum atomic E-state index is 11.5. The van der Waals surface area contributed by atoms with E-state index in [0.717, 1.165) is 11.1 Å². The fourth-order valence-electron chi connectivity index (χ4n) is 1.77. The normalized spacial score (nSPS) is 10.6. The van der Waals surface area contributed by atoms with E-state index >= 15 is 0 Å². The predicted molar refractivity (Wildman–Crippen MR) is 83.6 cm³/mol. The van der Waals surface area contributed by atoms with Gasteiger partial charge in [-0.25, -0.2) is 9.78 Å². The SMILES string of the molecule is CCOC(=O)C(C#N)=CNc1ccc(-c2ccccc2)cn1. The highest BCUT2D eigenvalue weighted by atomic mass is 16.5. The number of hydrogen-bond donors (Lipinski definition) is 1. The van der Waals surface area contributed by atoms with Crippen LogP contribution in [-0.4, -0.2) is 17.6 Å². The van der Waals surface area contributed by atoms with E-state index in [1.165, 1.54) is 6.20 Å². The van der Waals surface area contributed by atoms with Crippen molar-refractivity contribution in [3.8, 4) is 17.2 Å². The lowest BCUT2D eigenvalue weighted by atomic mass is 10.1. The summed E-state index contributed by atoms with van der Waals surface area (Å²) in [5.41, 5.74) is 1.96. The van der Waals surface area contributed by atoms with Crippen LogP contribution < -0.4 is 5.32 Å². The molecule has 0 saturated heterocycles. The van der Waals surface area contributed by atoms with Gasteiger partial charge in [-0.15, -0.1) is 0 Å². The molecule has 0 bridgehead atoms. The number of benzene rings is 1. The first-order chi connectivity index (χ1) is 10.7. The van der Waals surface area contributed by atoms with Crippen LogP contribution >= 0.6 is 0 Å². The van der Waals surface area contributed by atoms with Gasteiger partial charge in [-0.3, -0.25) is 0 Å². The van der Waals surface area contributed by atoms with E-state index in [0.29, 0.717) is 5.82 Å². The van der Waals surface area contributed by atoms with Crippen LogP contribution in [0.5, 0.6) is 0 Å². The molecule has 5 heteroatoms. The highest BCUT2D eigenvalue weighted by Crippen LogP contribution is 2.19. The molecule has 2 rings (SSSR count). The quantitative estimate of drug-likeness (QED) is 0.521. The Labute approximate surface area is 128 Å². The molecule has 0 aliphatic rings. The summed E-state index contributed by atoms with van der Waals surface area (Å²) in [6.07, 6.45) is 3.02. The van der Waals surface area contributed by atoms with Crippen molar-refractivity contribution in [2.24, 2.45) is 0 Å². The first kappa shape index (κ1) is 15.3. The number of nitrogens with zero attached hydrogens (tertiary/aromatic N) is 2. The summed E-state index contributed by atoms with van der Waals surface area (Å²) in [6.45, 7) is 1.91. The number of rotatable bonds is 5. The fraction of sp³-hybridized carbons (Fsp3) is 0.118. The number of hydrogen-bond acceptors (Lipinski definition) is 5. The van der Waals surface area contributed by atoms with Gasteiger partial charge < -0.3 is 10.1 Å². The molecule has 5 nitrogen and oxygen atoms in total. The van der Waals surface area contributed by atoms with Crippen LogP contribution in [0.3, 0.4) is 0 Å². The van der Waals surface area contributed by atoms with E-state index in [1.54, 1.807) is 25.3 Å². The van der Waals surface area contributed by atoms with Gasteiger partial charge in [-0.1, -0.05) is 30.3 Å². The van der Waals surface area contributed by atoms with Crippen LogP contribution in [0.15, 0.2) is 60.4 Å². The molecule has 1 N–H and O–H groups in total. The molecule has 0 fully saturated rings. The molecule has 0 atom stereocenters. The lowest BCUT2D eigenvalue weighted by Crippen LogP contribution is -2.08. The van der Waals surface area contributed by atoms with Crippen molar-refractivity contribution in [3.05, 3.63) is 60.4 Å². The average molecular weight is 293 g/mol. The van der Waals surface area contributed by atoms with E-state index in [2.05, 4.69) is 10.3 Å². The van der Waals surface area contributed by atoms with Crippen molar-refractivity contribution in [2.75, 3.05) is 11.9 Å². The van der Waals surface area contributed by atoms with Gasteiger partial charge in [0, 0.05) is 18.0 Å². The largest absolute Gasteiger partial charge is 0.462 e. The van der Waals surface area contributed by atoms with Gasteiger partial charge in [-0.2, -0.15) is 5.26 Å². The molecule has 0 amide bonds. The van der Waals surface area contributed by atoms with Gasteiger partial charge in [0.15, 0.2) is 5.57 Å². The number of nitrogens with one attached hydrogen (secondary N) is 1. The Morgan fingerprint density at radius 1 is 1.27 bits per heavy atom. The summed E-state index contributed by atoms with van der Waals surface area (Å²) in [6, 6.07) is 15.4. The first-order valence-corrected chi connectivity index (χ1v) is 6.80. The van der Waals surface area contributed by atoms with Crippen molar-refractivity contribution < 1.29 is 9.53 Å². The average Bonchev–Trinajstić information content (AvgIpc) is 2.57. The summed E-state index contributed by atoms with van der Waals surface area (Å²) in [7, 11) is 0. The topological polar surface area (TPSA) is 75.0 Å². The molecule has 1 heterocycles. The van der Waals surface area contributed by atoms with Crippen molar-refractivity contribution in [1.82, 2.24) is 4.98 Å². The Morgan fingerprint density at radius 2 is 2.05 bits per heavy atom. The second-order valence-corrected chi connectivity index (χ2v) is 4.33. The minimum absolute atomic E-state index is 0.101. The van der Waals surface area contributed by atoms with E-state index < -0.39 is 5.97 Å². The molecule has 1 aromatic carbocycles. The standard InChI is InChI=1S/C17H15N3O2/c1-2-22-17(21)15(10-18)12-20-16-9-8-14(11-19-16)13-6-4-3-5-7-13/h3-9,11-12H,2H2,1H3,(H,19,20). The summed E-state index contributed by atoms with van der Waals surface area (Å²) in [4.78, 5) is 15.7. The zero-order valence-corrected chi connectivity index (χ0v) is 12.1. The van der Waals surface area contributed by atoms with Gasteiger partial charge in [-0.05, 0) is 24.6 Å². The number of carbonyl (C=O) groups is 1. The lowest BCUT2D eigenvalue weighted by molar-refractivity contribution is -0.138. The maximum Gasteiger partial charge on any atom is 0.350 e. The minimum Gasteiger partial charge on any atom is -0.462 e. The number of anilines is 1. The predicted octanol–water partition coefficient (Wildman–Crippen LogP) is 3.13. The monoisotopic (exact) mass is 293 g/mol. The number of aromatic nitrogens is 1. The van der Waals surface area contributed by atoms with Crippen LogP contribution in [0.25, 0.3) is 11.1 Å². The highest BCUT2D eigenvalue weighted by Gasteiger charge is 2.09. The second-order valence-electron chi connectivity index (χ2n) is 4.33. The second kappa shape index (κ2) is 7.60. The van der Waals surface area contributed by atoms with Crippen LogP contribution in [0.4, 0.5) is 5.82 Å². The van der Waals surface area contributed by atoms with Crippen LogP contribution in [0.1, 0.15) is 6.92 Å². The molecule has 22 heavy (non-hydrogen) atoms. The smallest absolute Gasteiger partial charge is 0.350 e. The van der Waals surface area contributed by atoms with Gasteiger partial charge in [0.25, 0.3) is 0 Å². The number of ether oxygens (including phenoxy) is 1. The van der Waals surface area contributed by atoms with Crippen molar-refractivity contribution >= 4 is 11.8 Å². The summed E-state index contributed by atoms with van der Waals surface area (Å²) in [5.74, 6) is -0.116. The Hall–Kier alpha value is -3.13. The Morgan fingerprint density at radius 3 is 2.64 bits per heavy atom. The number of nitriles is 1. The highest BCUT2D eigenvalue weighted by molar-refractivity contribution is 5.93. The summed E-state index contributed by atoms with van der Waals surface area (Å²) >= 11 is 0. The Balaban J connectivity index is 2.08. The summed E-state index contributed by atoms with van der Waals surface area (Å²) in [5, 5.41) is 11.7. The Kier molecular flexibility index (Phi) is 5.27. The number of esters is 1. The molecule has 1 aromatic heterocycles. The third-order valence-corrected chi connectivity index (χ3v) is 2.85. The maximum absolute atomic E-state index is 11.5. The van der Waals surface area contributed by atoms with Gasteiger partial charge in [0.1, 0.15) is 11.9 Å². The molecule has 110 valence electrons.